The highest BCUT2D eigenvalue weighted by atomic mass is 16.6. The van der Waals surface area contributed by atoms with E-state index in [4.69, 9.17) is 9.47 Å². The molecule has 7 nitrogen and oxygen atoms in total. The molecule has 0 aromatic carbocycles. The zero-order valence-corrected chi connectivity index (χ0v) is 17.3. The van der Waals surface area contributed by atoms with Crippen molar-refractivity contribution in [2.45, 2.75) is 73.5 Å². The van der Waals surface area contributed by atoms with E-state index in [-0.39, 0.29) is 24.1 Å². The number of rotatable bonds is 8. The molecule has 150 valence electrons. The van der Waals surface area contributed by atoms with Crippen molar-refractivity contribution < 1.29 is 23.9 Å². The average molecular weight is 370 g/mol. The number of carbonyl (C=O) groups excluding carboxylic acids is 3. The van der Waals surface area contributed by atoms with Crippen molar-refractivity contribution in [1.29, 1.82) is 0 Å². The second-order valence-electron chi connectivity index (χ2n) is 7.86. The number of hydrogen-bond acceptors (Lipinski definition) is 5. The zero-order chi connectivity index (χ0) is 20.5. The summed E-state index contributed by atoms with van der Waals surface area (Å²) in [6, 6.07) is -0.824. The van der Waals surface area contributed by atoms with Crippen LogP contribution in [-0.2, 0) is 19.1 Å². The molecule has 2 N–H and O–H groups in total. The van der Waals surface area contributed by atoms with Crippen LogP contribution in [0.4, 0.5) is 4.79 Å². The second-order valence-corrected chi connectivity index (χ2v) is 7.86. The maximum Gasteiger partial charge on any atom is 0.408 e. The van der Waals surface area contributed by atoms with Gasteiger partial charge in [-0.1, -0.05) is 33.8 Å². The molecule has 0 aliphatic rings. The van der Waals surface area contributed by atoms with Gasteiger partial charge in [0.25, 0.3) is 0 Å². The summed E-state index contributed by atoms with van der Waals surface area (Å²) < 4.78 is 10.2. The fourth-order valence-electron chi connectivity index (χ4n) is 2.08. The van der Waals surface area contributed by atoms with Crippen LogP contribution >= 0.6 is 0 Å². The van der Waals surface area contributed by atoms with Gasteiger partial charge >= 0.3 is 12.1 Å². The standard InChI is InChI=1S/C19H34N2O5/c1-9-25-17(23)15(11-13(4)5)20-16(22)14(10-12(2)3)21-18(24)26-19(6,7)8/h11-14H,9-10H2,1-8H3,(H,20,22)(H,21,24)/b15-11-/t14-/m0/s1. The molecule has 26 heavy (non-hydrogen) atoms. The molecule has 0 bridgehead atoms. The minimum atomic E-state index is -0.824. The summed E-state index contributed by atoms with van der Waals surface area (Å²) in [6.07, 6.45) is 1.35. The van der Waals surface area contributed by atoms with E-state index in [0.717, 1.165) is 0 Å². The van der Waals surface area contributed by atoms with E-state index in [1.165, 1.54) is 0 Å². The van der Waals surface area contributed by atoms with Crippen molar-refractivity contribution in [2.24, 2.45) is 11.8 Å². The van der Waals surface area contributed by atoms with E-state index in [1.54, 1.807) is 33.8 Å². The largest absolute Gasteiger partial charge is 0.461 e. The molecule has 0 radical (unpaired) electrons. The quantitative estimate of drug-likeness (QED) is 0.506. The molecule has 0 rings (SSSR count). The van der Waals surface area contributed by atoms with Gasteiger partial charge in [-0.2, -0.15) is 0 Å². The molecule has 0 unspecified atom stereocenters. The summed E-state index contributed by atoms with van der Waals surface area (Å²) in [5.74, 6) is -0.891. The van der Waals surface area contributed by atoms with Crippen molar-refractivity contribution in [3.05, 3.63) is 11.8 Å². The Balaban J connectivity index is 5.26. The molecule has 0 saturated carbocycles. The van der Waals surface area contributed by atoms with Gasteiger partial charge in [-0.15, -0.1) is 0 Å². The van der Waals surface area contributed by atoms with Gasteiger partial charge in [0, 0.05) is 0 Å². The molecular weight excluding hydrogens is 336 g/mol. The van der Waals surface area contributed by atoms with E-state index in [0.29, 0.717) is 6.42 Å². The second kappa shape index (κ2) is 10.8. The normalized spacial score (nSPS) is 13.4. The van der Waals surface area contributed by atoms with Crippen LogP contribution in [0, 0.1) is 11.8 Å². The lowest BCUT2D eigenvalue weighted by Crippen LogP contribution is -2.49. The molecule has 1 atom stereocenters. The molecule has 0 aromatic rings. The molecule has 7 heteroatoms. The Morgan fingerprint density at radius 2 is 1.65 bits per heavy atom. The number of ether oxygens (including phenoxy) is 2. The lowest BCUT2D eigenvalue weighted by Gasteiger charge is -2.24. The first-order chi connectivity index (χ1) is 11.9. The Hall–Kier alpha value is -2.05. The van der Waals surface area contributed by atoms with Crippen molar-refractivity contribution >= 4 is 18.0 Å². The van der Waals surface area contributed by atoms with Gasteiger partial charge in [0.05, 0.1) is 6.61 Å². The van der Waals surface area contributed by atoms with Gasteiger partial charge in [0.2, 0.25) is 5.91 Å². The van der Waals surface area contributed by atoms with E-state index in [2.05, 4.69) is 10.6 Å². The summed E-state index contributed by atoms with van der Waals surface area (Å²) in [5.41, 5.74) is -0.595. The lowest BCUT2D eigenvalue weighted by molar-refractivity contribution is -0.140. The van der Waals surface area contributed by atoms with Crippen molar-refractivity contribution in [2.75, 3.05) is 6.61 Å². The van der Waals surface area contributed by atoms with E-state index < -0.39 is 29.6 Å². The predicted octanol–water partition coefficient (Wildman–Crippen LogP) is 3.15. The molecule has 0 aliphatic heterocycles. The number of hydrogen-bond donors (Lipinski definition) is 2. The summed E-state index contributed by atoms with van der Waals surface area (Å²) in [4.78, 5) is 36.7. The van der Waals surface area contributed by atoms with Gasteiger partial charge in [0.1, 0.15) is 17.3 Å². The van der Waals surface area contributed by atoms with Crippen LogP contribution in [0.2, 0.25) is 0 Å². The van der Waals surface area contributed by atoms with Crippen LogP contribution in [-0.4, -0.2) is 36.2 Å². The Morgan fingerprint density at radius 1 is 1.08 bits per heavy atom. The third-order valence-electron chi connectivity index (χ3n) is 2.97. The van der Waals surface area contributed by atoms with Crippen LogP contribution in [0.15, 0.2) is 11.8 Å². The number of allylic oxidation sites excluding steroid dienone is 1. The van der Waals surface area contributed by atoms with Crippen LogP contribution in [0.25, 0.3) is 0 Å². The van der Waals surface area contributed by atoms with Crippen LogP contribution in [0.1, 0.15) is 61.8 Å². The van der Waals surface area contributed by atoms with Crippen LogP contribution in [0.3, 0.4) is 0 Å². The third kappa shape index (κ3) is 10.7. The van der Waals surface area contributed by atoms with Gasteiger partial charge in [0.15, 0.2) is 0 Å². The minimum absolute atomic E-state index is 0.0390. The zero-order valence-electron chi connectivity index (χ0n) is 17.3. The Kier molecular flexibility index (Phi) is 9.98. The van der Waals surface area contributed by atoms with Crippen molar-refractivity contribution in [3.8, 4) is 0 Å². The van der Waals surface area contributed by atoms with Gasteiger partial charge < -0.3 is 20.1 Å². The monoisotopic (exact) mass is 370 g/mol. The first-order valence-corrected chi connectivity index (χ1v) is 9.05. The Bertz CT molecular complexity index is 519. The molecule has 0 saturated heterocycles. The lowest BCUT2D eigenvalue weighted by atomic mass is 10.0. The SMILES string of the molecule is CCOC(=O)/C(=C/C(C)C)NC(=O)[C@H](CC(C)C)NC(=O)OC(C)(C)C. The Morgan fingerprint density at radius 3 is 2.08 bits per heavy atom. The summed E-state index contributed by atoms with van der Waals surface area (Å²) in [5, 5.41) is 5.17. The maximum atomic E-state index is 12.7. The minimum Gasteiger partial charge on any atom is -0.461 e. The highest BCUT2D eigenvalue weighted by Gasteiger charge is 2.27. The van der Waals surface area contributed by atoms with Gasteiger partial charge in [-0.25, -0.2) is 9.59 Å². The molecule has 2 amide bonds. The van der Waals surface area contributed by atoms with E-state index in [1.807, 2.05) is 27.7 Å². The van der Waals surface area contributed by atoms with Gasteiger partial charge in [-0.05, 0) is 46.0 Å². The first-order valence-electron chi connectivity index (χ1n) is 9.05. The van der Waals surface area contributed by atoms with Crippen molar-refractivity contribution in [1.82, 2.24) is 10.6 Å². The molecular formula is C19H34N2O5. The van der Waals surface area contributed by atoms with Crippen molar-refractivity contribution in [3.63, 3.8) is 0 Å². The highest BCUT2D eigenvalue weighted by Crippen LogP contribution is 2.11. The fraction of sp³-hybridized carbons (Fsp3) is 0.737. The highest BCUT2D eigenvalue weighted by molar-refractivity contribution is 5.96. The third-order valence-corrected chi connectivity index (χ3v) is 2.97. The number of nitrogens with one attached hydrogen (secondary N) is 2. The average Bonchev–Trinajstić information content (AvgIpc) is 2.42. The first kappa shape index (κ1) is 23.9. The summed E-state index contributed by atoms with van der Waals surface area (Å²) >= 11 is 0. The van der Waals surface area contributed by atoms with Crippen LogP contribution < -0.4 is 10.6 Å². The maximum absolute atomic E-state index is 12.7. The Labute approximate surface area is 156 Å². The molecule has 0 aromatic heterocycles. The number of alkyl carbamates (subject to hydrolysis) is 1. The number of amides is 2. The van der Waals surface area contributed by atoms with Crippen LogP contribution in [0.5, 0.6) is 0 Å². The molecule has 0 aliphatic carbocycles. The van der Waals surface area contributed by atoms with Gasteiger partial charge in [-0.3, -0.25) is 4.79 Å². The predicted molar refractivity (Wildman–Crippen MR) is 100 cm³/mol. The molecule has 0 heterocycles. The number of carbonyl (C=O) groups is 3. The number of esters is 1. The fourth-order valence-corrected chi connectivity index (χ4v) is 2.08. The molecule has 0 spiro atoms. The smallest absolute Gasteiger partial charge is 0.408 e. The topological polar surface area (TPSA) is 93.7 Å². The van der Waals surface area contributed by atoms with E-state index in [9.17, 15) is 14.4 Å². The van der Waals surface area contributed by atoms with E-state index >= 15 is 0 Å². The summed E-state index contributed by atoms with van der Waals surface area (Å²) in [6.45, 7) is 14.8. The summed E-state index contributed by atoms with van der Waals surface area (Å²) in [7, 11) is 0. The molecule has 0 fully saturated rings.